The van der Waals surface area contributed by atoms with Crippen LogP contribution in [0.2, 0.25) is 0 Å². The lowest BCUT2D eigenvalue weighted by molar-refractivity contribution is -0.123. The van der Waals surface area contributed by atoms with Crippen molar-refractivity contribution in [2.75, 3.05) is 16.4 Å². The molecule has 2 amide bonds. The Labute approximate surface area is 174 Å². The van der Waals surface area contributed by atoms with Gasteiger partial charge in [0.1, 0.15) is 0 Å². The van der Waals surface area contributed by atoms with Crippen LogP contribution in [0.3, 0.4) is 0 Å². The van der Waals surface area contributed by atoms with Gasteiger partial charge in [0.25, 0.3) is 5.91 Å². The number of fused-ring (bicyclic) bond motifs is 1. The number of thioether (sulfide) groups is 1. The van der Waals surface area contributed by atoms with Crippen molar-refractivity contribution in [3.05, 3.63) is 53.6 Å². The summed E-state index contributed by atoms with van der Waals surface area (Å²) in [5, 5.41) is 5.60. The number of benzene rings is 2. The highest BCUT2D eigenvalue weighted by Gasteiger charge is 2.22. The van der Waals surface area contributed by atoms with Gasteiger partial charge in [-0.05, 0) is 49.1 Å². The van der Waals surface area contributed by atoms with Gasteiger partial charge in [-0.1, -0.05) is 32.0 Å². The summed E-state index contributed by atoms with van der Waals surface area (Å²) in [6.45, 7) is 5.73. The summed E-state index contributed by atoms with van der Waals surface area (Å²) in [5.74, 6) is -0.466. The average Bonchev–Trinajstić information content (AvgIpc) is 2.72. The Balaban J connectivity index is 1.67. The van der Waals surface area contributed by atoms with E-state index in [4.69, 9.17) is 4.74 Å². The highest BCUT2D eigenvalue weighted by molar-refractivity contribution is 8.00. The maximum atomic E-state index is 12.6. The first-order valence-corrected chi connectivity index (χ1v) is 10.5. The number of para-hydroxylation sites is 1. The molecule has 29 heavy (non-hydrogen) atoms. The number of rotatable bonds is 6. The summed E-state index contributed by atoms with van der Waals surface area (Å²) in [6, 6.07) is 12.6. The molecule has 0 bridgehead atoms. The Kier molecular flexibility index (Phi) is 6.59. The molecule has 2 unspecified atom stereocenters. The zero-order valence-electron chi connectivity index (χ0n) is 16.7. The fraction of sp³-hybridized carbons (Fsp3) is 0.318. The van der Waals surface area contributed by atoms with Crippen molar-refractivity contribution >= 4 is 40.9 Å². The molecule has 0 radical (unpaired) electrons. The molecular formula is C22H24N2O4S. The Morgan fingerprint density at radius 2 is 1.97 bits per heavy atom. The van der Waals surface area contributed by atoms with Crippen LogP contribution in [0.5, 0.6) is 0 Å². The topological polar surface area (TPSA) is 84.5 Å². The number of hydrogen-bond donors (Lipinski definition) is 2. The molecule has 0 aromatic heterocycles. The van der Waals surface area contributed by atoms with Crippen LogP contribution in [-0.2, 0) is 14.3 Å². The van der Waals surface area contributed by atoms with Crippen molar-refractivity contribution in [3.8, 4) is 0 Å². The van der Waals surface area contributed by atoms with Crippen LogP contribution in [0.15, 0.2) is 47.4 Å². The van der Waals surface area contributed by atoms with Gasteiger partial charge in [0.2, 0.25) is 5.91 Å². The highest BCUT2D eigenvalue weighted by Crippen LogP contribution is 2.32. The van der Waals surface area contributed by atoms with Crippen molar-refractivity contribution in [1.29, 1.82) is 0 Å². The first kappa shape index (κ1) is 20.9. The van der Waals surface area contributed by atoms with Crippen molar-refractivity contribution < 1.29 is 19.1 Å². The molecule has 2 aromatic rings. The molecule has 7 heteroatoms. The first-order valence-electron chi connectivity index (χ1n) is 9.56. The highest BCUT2D eigenvalue weighted by atomic mass is 32.2. The number of carbonyl (C=O) groups excluding carboxylic acids is 3. The Morgan fingerprint density at radius 3 is 2.72 bits per heavy atom. The van der Waals surface area contributed by atoms with Gasteiger partial charge in [0, 0.05) is 10.6 Å². The molecule has 0 spiro atoms. The van der Waals surface area contributed by atoms with Crippen LogP contribution in [0.25, 0.3) is 0 Å². The predicted octanol–water partition coefficient (Wildman–Crippen LogP) is 4.43. The fourth-order valence-electron chi connectivity index (χ4n) is 2.99. The maximum absolute atomic E-state index is 12.6. The van der Waals surface area contributed by atoms with Gasteiger partial charge in [-0.3, -0.25) is 9.59 Å². The minimum Gasteiger partial charge on any atom is -0.449 e. The summed E-state index contributed by atoms with van der Waals surface area (Å²) in [4.78, 5) is 37.5. The summed E-state index contributed by atoms with van der Waals surface area (Å²) < 4.78 is 5.34. The molecule has 2 atom stereocenters. The molecular weight excluding hydrogens is 388 g/mol. The molecule has 0 fully saturated rings. The standard InChI is InChI=1S/C22H24N2O4S/c1-4-13(2)16-7-5-6-8-17(16)24-21(26)14(3)28-22(27)15-9-10-19-18(11-15)23-20(25)12-29-19/h5-11,13-14H,4,12H2,1-3H3,(H,23,25)(H,24,26). The van der Waals surface area contributed by atoms with Crippen LogP contribution in [0.4, 0.5) is 11.4 Å². The van der Waals surface area contributed by atoms with E-state index in [1.807, 2.05) is 24.3 Å². The fourth-order valence-corrected chi connectivity index (χ4v) is 3.78. The minimum atomic E-state index is -0.965. The third-order valence-electron chi connectivity index (χ3n) is 4.86. The van der Waals surface area contributed by atoms with Gasteiger partial charge in [-0.15, -0.1) is 11.8 Å². The van der Waals surface area contributed by atoms with Gasteiger partial charge in [-0.25, -0.2) is 4.79 Å². The third kappa shape index (κ3) is 4.98. The normalized spacial score (nSPS) is 14.9. The van der Waals surface area contributed by atoms with E-state index in [1.54, 1.807) is 18.2 Å². The Morgan fingerprint density at radius 1 is 1.21 bits per heavy atom. The van der Waals surface area contributed by atoms with E-state index in [9.17, 15) is 14.4 Å². The lowest BCUT2D eigenvalue weighted by Gasteiger charge is -2.19. The minimum absolute atomic E-state index is 0.110. The molecule has 1 aliphatic heterocycles. The number of amides is 2. The summed E-state index contributed by atoms with van der Waals surface area (Å²) in [6.07, 6.45) is -0.0163. The molecule has 2 N–H and O–H groups in total. The first-order chi connectivity index (χ1) is 13.9. The van der Waals surface area contributed by atoms with E-state index in [0.29, 0.717) is 17.4 Å². The van der Waals surface area contributed by atoms with Crippen LogP contribution < -0.4 is 10.6 Å². The van der Waals surface area contributed by atoms with Crippen molar-refractivity contribution in [2.24, 2.45) is 0 Å². The van der Waals surface area contributed by atoms with E-state index < -0.39 is 18.0 Å². The zero-order valence-corrected chi connectivity index (χ0v) is 17.5. The van der Waals surface area contributed by atoms with Gasteiger partial charge >= 0.3 is 5.97 Å². The van der Waals surface area contributed by atoms with Crippen LogP contribution in [0, 0.1) is 0 Å². The van der Waals surface area contributed by atoms with E-state index in [2.05, 4.69) is 24.5 Å². The van der Waals surface area contributed by atoms with E-state index in [1.165, 1.54) is 18.7 Å². The van der Waals surface area contributed by atoms with Crippen LogP contribution in [0.1, 0.15) is 49.0 Å². The molecule has 152 valence electrons. The van der Waals surface area contributed by atoms with E-state index in [-0.39, 0.29) is 11.5 Å². The van der Waals surface area contributed by atoms with Gasteiger partial charge in [0.15, 0.2) is 6.10 Å². The Bertz CT molecular complexity index is 944. The molecule has 0 saturated carbocycles. The SMILES string of the molecule is CCC(C)c1ccccc1NC(=O)C(C)OC(=O)c1ccc2c(c1)NC(=O)CS2. The van der Waals surface area contributed by atoms with E-state index >= 15 is 0 Å². The molecule has 2 aromatic carbocycles. The number of ether oxygens (including phenoxy) is 1. The van der Waals surface area contributed by atoms with Crippen molar-refractivity contribution in [2.45, 2.75) is 44.1 Å². The number of nitrogens with one attached hydrogen (secondary N) is 2. The zero-order chi connectivity index (χ0) is 21.0. The second kappa shape index (κ2) is 9.13. The second-order valence-corrected chi connectivity index (χ2v) is 8.00. The van der Waals surface area contributed by atoms with Crippen LogP contribution in [-0.4, -0.2) is 29.6 Å². The maximum Gasteiger partial charge on any atom is 0.338 e. The number of carbonyl (C=O) groups is 3. The summed E-state index contributed by atoms with van der Waals surface area (Å²) in [5.41, 5.74) is 2.64. The number of anilines is 2. The molecule has 6 nitrogen and oxygen atoms in total. The smallest absolute Gasteiger partial charge is 0.338 e. The van der Waals surface area contributed by atoms with Gasteiger partial charge in [0.05, 0.1) is 17.0 Å². The van der Waals surface area contributed by atoms with E-state index in [0.717, 1.165) is 22.6 Å². The van der Waals surface area contributed by atoms with Gasteiger partial charge < -0.3 is 15.4 Å². The average molecular weight is 413 g/mol. The molecule has 0 saturated heterocycles. The predicted molar refractivity (Wildman–Crippen MR) is 114 cm³/mol. The monoisotopic (exact) mass is 412 g/mol. The van der Waals surface area contributed by atoms with Gasteiger partial charge in [-0.2, -0.15) is 0 Å². The second-order valence-electron chi connectivity index (χ2n) is 6.98. The third-order valence-corrected chi connectivity index (χ3v) is 5.94. The lowest BCUT2D eigenvalue weighted by atomic mass is 9.97. The summed E-state index contributed by atoms with van der Waals surface area (Å²) in [7, 11) is 0. The van der Waals surface area contributed by atoms with Crippen LogP contribution >= 0.6 is 11.8 Å². The molecule has 1 heterocycles. The molecule has 0 aliphatic carbocycles. The largest absolute Gasteiger partial charge is 0.449 e. The lowest BCUT2D eigenvalue weighted by Crippen LogP contribution is -2.30. The van der Waals surface area contributed by atoms with Crippen molar-refractivity contribution in [1.82, 2.24) is 0 Å². The number of hydrogen-bond acceptors (Lipinski definition) is 5. The Hall–Kier alpha value is -2.80. The van der Waals surface area contributed by atoms with Crippen molar-refractivity contribution in [3.63, 3.8) is 0 Å². The quantitative estimate of drug-likeness (QED) is 0.686. The summed E-state index contributed by atoms with van der Waals surface area (Å²) >= 11 is 1.41. The number of esters is 1. The molecule has 1 aliphatic rings. The molecule has 3 rings (SSSR count).